The summed E-state index contributed by atoms with van der Waals surface area (Å²) in [6.07, 6.45) is 7.47. The molecular formula is C12H19N3S. The molecule has 1 atom stereocenters. The molecule has 0 aliphatic heterocycles. The molecule has 0 amide bonds. The average Bonchev–Trinajstić information content (AvgIpc) is 3.14. The van der Waals surface area contributed by atoms with E-state index in [0.29, 0.717) is 0 Å². The zero-order valence-corrected chi connectivity index (χ0v) is 10.5. The molecule has 1 aromatic rings. The molecule has 3 nitrogen and oxygen atoms in total. The molecule has 0 aromatic carbocycles. The summed E-state index contributed by atoms with van der Waals surface area (Å²) in [7, 11) is 0. The van der Waals surface area contributed by atoms with E-state index >= 15 is 0 Å². The van der Waals surface area contributed by atoms with Gasteiger partial charge >= 0.3 is 0 Å². The molecule has 2 N–H and O–H groups in total. The van der Waals surface area contributed by atoms with Crippen molar-refractivity contribution in [3.63, 3.8) is 0 Å². The van der Waals surface area contributed by atoms with Crippen molar-refractivity contribution in [2.24, 2.45) is 11.7 Å². The number of rotatable bonds is 5. The van der Waals surface area contributed by atoms with Crippen molar-refractivity contribution in [2.75, 3.05) is 11.4 Å². The molecule has 2 saturated carbocycles. The topological polar surface area (TPSA) is 42.1 Å². The molecule has 2 aliphatic carbocycles. The Morgan fingerprint density at radius 2 is 2.25 bits per heavy atom. The molecule has 0 radical (unpaired) electrons. The zero-order valence-electron chi connectivity index (χ0n) is 9.72. The van der Waals surface area contributed by atoms with E-state index < -0.39 is 0 Å². The molecule has 1 aromatic heterocycles. The Morgan fingerprint density at radius 1 is 1.50 bits per heavy atom. The van der Waals surface area contributed by atoms with Crippen molar-refractivity contribution in [1.82, 2.24) is 4.98 Å². The van der Waals surface area contributed by atoms with Gasteiger partial charge in [0.1, 0.15) is 0 Å². The van der Waals surface area contributed by atoms with Crippen LogP contribution in [0, 0.1) is 5.92 Å². The highest BCUT2D eigenvalue weighted by atomic mass is 32.1. The molecule has 4 heteroatoms. The summed E-state index contributed by atoms with van der Waals surface area (Å²) in [5.74, 6) is 0.934. The summed E-state index contributed by atoms with van der Waals surface area (Å²) in [5.41, 5.74) is 5.88. The number of nitrogens with two attached hydrogens (primary N) is 1. The fourth-order valence-corrected chi connectivity index (χ4v) is 2.92. The quantitative estimate of drug-likeness (QED) is 0.855. The molecule has 16 heavy (non-hydrogen) atoms. The fraction of sp³-hybridized carbons (Fsp3) is 0.750. The van der Waals surface area contributed by atoms with Crippen LogP contribution in [0.5, 0.6) is 0 Å². The van der Waals surface area contributed by atoms with Crippen molar-refractivity contribution in [1.29, 1.82) is 0 Å². The molecule has 88 valence electrons. The van der Waals surface area contributed by atoms with E-state index in [0.717, 1.165) is 12.0 Å². The predicted octanol–water partition coefficient (Wildman–Crippen LogP) is 2.54. The number of anilines is 1. The smallest absolute Gasteiger partial charge is 0.185 e. The van der Waals surface area contributed by atoms with Crippen molar-refractivity contribution < 1.29 is 0 Å². The summed E-state index contributed by atoms with van der Waals surface area (Å²) >= 11 is 1.78. The highest BCUT2D eigenvalue weighted by molar-refractivity contribution is 7.15. The van der Waals surface area contributed by atoms with Crippen LogP contribution in [0.1, 0.15) is 43.5 Å². The summed E-state index contributed by atoms with van der Waals surface area (Å²) < 4.78 is 0. The Morgan fingerprint density at radius 3 is 2.75 bits per heavy atom. The van der Waals surface area contributed by atoms with Gasteiger partial charge in [-0.2, -0.15) is 0 Å². The summed E-state index contributed by atoms with van der Waals surface area (Å²) in [4.78, 5) is 8.27. The molecule has 1 unspecified atom stereocenters. The Labute approximate surface area is 101 Å². The highest BCUT2D eigenvalue weighted by Gasteiger charge is 2.35. The lowest BCUT2D eigenvalue weighted by Gasteiger charge is -2.21. The monoisotopic (exact) mass is 237 g/mol. The van der Waals surface area contributed by atoms with Crippen LogP contribution in [-0.2, 0) is 0 Å². The Balaban J connectivity index is 1.75. The first-order chi connectivity index (χ1) is 7.74. The van der Waals surface area contributed by atoms with Crippen LogP contribution in [0.15, 0.2) is 6.20 Å². The molecule has 0 saturated heterocycles. The van der Waals surface area contributed by atoms with Gasteiger partial charge in [-0.25, -0.2) is 4.98 Å². The SMILES string of the molecule is CC(N)c1cnc(N(CC2CC2)C2CC2)s1. The van der Waals surface area contributed by atoms with Gasteiger partial charge in [0.15, 0.2) is 5.13 Å². The molecule has 0 bridgehead atoms. The van der Waals surface area contributed by atoms with E-state index in [1.807, 2.05) is 13.1 Å². The van der Waals surface area contributed by atoms with Crippen molar-refractivity contribution in [2.45, 2.75) is 44.7 Å². The minimum absolute atomic E-state index is 0.119. The highest BCUT2D eigenvalue weighted by Crippen LogP contribution is 2.39. The number of nitrogens with zero attached hydrogens (tertiary/aromatic N) is 2. The van der Waals surface area contributed by atoms with E-state index in [-0.39, 0.29) is 6.04 Å². The molecule has 0 spiro atoms. The third kappa shape index (κ3) is 2.23. The Kier molecular flexibility index (Phi) is 2.64. The second kappa shape index (κ2) is 4.00. The third-order valence-corrected chi connectivity index (χ3v) is 4.58. The minimum Gasteiger partial charge on any atom is -0.345 e. The lowest BCUT2D eigenvalue weighted by molar-refractivity contribution is 0.716. The first kappa shape index (κ1) is 10.5. The lowest BCUT2D eigenvalue weighted by atomic mass is 10.3. The van der Waals surface area contributed by atoms with Gasteiger partial charge in [-0.05, 0) is 38.5 Å². The zero-order chi connectivity index (χ0) is 11.1. The van der Waals surface area contributed by atoms with Gasteiger partial charge in [0, 0.05) is 29.7 Å². The lowest BCUT2D eigenvalue weighted by Crippen LogP contribution is -2.27. The Bertz CT molecular complexity index is 366. The van der Waals surface area contributed by atoms with Crippen LogP contribution in [0.4, 0.5) is 5.13 Å². The van der Waals surface area contributed by atoms with E-state index in [4.69, 9.17) is 5.73 Å². The summed E-state index contributed by atoms with van der Waals surface area (Å²) in [6.45, 7) is 3.25. The van der Waals surface area contributed by atoms with Crippen molar-refractivity contribution in [3.05, 3.63) is 11.1 Å². The normalized spacial score (nSPS) is 22.1. The molecule has 3 rings (SSSR count). The second-order valence-corrected chi connectivity index (χ2v) is 6.20. The average molecular weight is 237 g/mol. The van der Waals surface area contributed by atoms with Crippen molar-refractivity contribution in [3.8, 4) is 0 Å². The van der Waals surface area contributed by atoms with Gasteiger partial charge in [-0.1, -0.05) is 0 Å². The van der Waals surface area contributed by atoms with Crippen LogP contribution < -0.4 is 10.6 Å². The van der Waals surface area contributed by atoms with E-state index in [1.165, 1.54) is 42.2 Å². The van der Waals surface area contributed by atoms with Gasteiger partial charge in [0.2, 0.25) is 0 Å². The van der Waals surface area contributed by atoms with E-state index in [1.54, 1.807) is 11.3 Å². The minimum atomic E-state index is 0.119. The number of hydrogen-bond acceptors (Lipinski definition) is 4. The van der Waals surface area contributed by atoms with Crippen LogP contribution in [0.2, 0.25) is 0 Å². The second-order valence-electron chi connectivity index (χ2n) is 5.16. The standard InChI is InChI=1S/C12H19N3S/c1-8(13)11-6-14-12(16-11)15(10-4-5-10)7-9-2-3-9/h6,8-10H,2-5,7,13H2,1H3. The van der Waals surface area contributed by atoms with Gasteiger partial charge < -0.3 is 10.6 Å². The van der Waals surface area contributed by atoms with Gasteiger partial charge in [0.05, 0.1) is 0 Å². The number of hydrogen-bond donors (Lipinski definition) is 1. The van der Waals surface area contributed by atoms with Gasteiger partial charge in [-0.15, -0.1) is 11.3 Å². The molecule has 1 heterocycles. The van der Waals surface area contributed by atoms with Crippen LogP contribution in [-0.4, -0.2) is 17.6 Å². The molecular weight excluding hydrogens is 218 g/mol. The fourth-order valence-electron chi connectivity index (χ4n) is 1.97. The van der Waals surface area contributed by atoms with E-state index in [9.17, 15) is 0 Å². The maximum absolute atomic E-state index is 5.88. The molecule has 2 aliphatic rings. The maximum Gasteiger partial charge on any atom is 0.185 e. The van der Waals surface area contributed by atoms with Gasteiger partial charge in [0.25, 0.3) is 0 Å². The first-order valence-electron chi connectivity index (χ1n) is 6.22. The van der Waals surface area contributed by atoms with Gasteiger partial charge in [-0.3, -0.25) is 0 Å². The molecule has 2 fully saturated rings. The Hall–Kier alpha value is -0.610. The maximum atomic E-state index is 5.88. The predicted molar refractivity (Wildman–Crippen MR) is 67.8 cm³/mol. The van der Waals surface area contributed by atoms with Crippen LogP contribution in [0.25, 0.3) is 0 Å². The van der Waals surface area contributed by atoms with Crippen molar-refractivity contribution >= 4 is 16.5 Å². The largest absolute Gasteiger partial charge is 0.345 e. The summed E-state index contributed by atoms with van der Waals surface area (Å²) in [6, 6.07) is 0.890. The first-order valence-corrected chi connectivity index (χ1v) is 7.03. The third-order valence-electron chi connectivity index (χ3n) is 3.35. The van der Waals surface area contributed by atoms with Crippen LogP contribution >= 0.6 is 11.3 Å². The summed E-state index contributed by atoms with van der Waals surface area (Å²) in [5, 5.41) is 1.20. The van der Waals surface area contributed by atoms with E-state index in [2.05, 4.69) is 9.88 Å². The number of aromatic nitrogens is 1. The number of thiazole rings is 1. The van der Waals surface area contributed by atoms with Crippen LogP contribution in [0.3, 0.4) is 0 Å².